The standard InChI is InChI=1S/C21H25N5O3/c1-17(18-6-5-9-20(16-18)26(28)29)22-23-21(27)10-11-24-12-14-25(15-13-24)19-7-3-2-4-8-19/h2-9,16H,10-15H2,1H3,(H,23,27)/b22-17-. The second-order valence-corrected chi connectivity index (χ2v) is 6.95. The number of piperazine rings is 1. The molecule has 0 spiro atoms. The van der Waals surface area contributed by atoms with Crippen LogP contribution in [0.25, 0.3) is 0 Å². The molecular weight excluding hydrogens is 370 g/mol. The minimum absolute atomic E-state index is 0.00183. The maximum Gasteiger partial charge on any atom is 0.270 e. The number of nitrogens with one attached hydrogen (secondary N) is 1. The van der Waals surface area contributed by atoms with Gasteiger partial charge >= 0.3 is 0 Å². The third kappa shape index (κ3) is 5.86. The molecule has 0 aromatic heterocycles. The maximum absolute atomic E-state index is 12.1. The van der Waals surface area contributed by atoms with E-state index in [1.165, 1.54) is 17.8 Å². The van der Waals surface area contributed by atoms with E-state index < -0.39 is 4.92 Å². The average Bonchev–Trinajstić information content (AvgIpc) is 2.77. The molecule has 0 bridgehead atoms. The molecule has 2 aromatic carbocycles. The molecule has 1 saturated heterocycles. The molecule has 0 atom stereocenters. The Balaban J connectivity index is 1.43. The van der Waals surface area contributed by atoms with Gasteiger partial charge in [-0.15, -0.1) is 0 Å². The predicted octanol–water partition coefficient (Wildman–Crippen LogP) is 2.65. The van der Waals surface area contributed by atoms with Crippen LogP contribution in [0.5, 0.6) is 0 Å². The van der Waals surface area contributed by atoms with Gasteiger partial charge in [-0.2, -0.15) is 5.10 Å². The van der Waals surface area contributed by atoms with Crippen molar-refractivity contribution in [3.63, 3.8) is 0 Å². The zero-order valence-corrected chi connectivity index (χ0v) is 16.5. The molecule has 8 heteroatoms. The van der Waals surface area contributed by atoms with Crippen LogP contribution in [0.4, 0.5) is 11.4 Å². The zero-order valence-electron chi connectivity index (χ0n) is 16.5. The lowest BCUT2D eigenvalue weighted by molar-refractivity contribution is -0.384. The van der Waals surface area contributed by atoms with Gasteiger partial charge in [-0.3, -0.25) is 19.8 Å². The number of nitro groups is 1. The van der Waals surface area contributed by atoms with Crippen molar-refractivity contribution in [2.75, 3.05) is 37.6 Å². The molecule has 152 valence electrons. The third-order valence-electron chi connectivity index (χ3n) is 4.97. The van der Waals surface area contributed by atoms with Gasteiger partial charge in [-0.1, -0.05) is 30.3 Å². The first kappa shape index (κ1) is 20.5. The number of para-hydroxylation sites is 1. The van der Waals surface area contributed by atoms with E-state index in [-0.39, 0.29) is 11.6 Å². The van der Waals surface area contributed by atoms with Crippen LogP contribution in [-0.4, -0.2) is 54.2 Å². The lowest BCUT2D eigenvalue weighted by atomic mass is 10.1. The van der Waals surface area contributed by atoms with E-state index in [2.05, 4.69) is 32.5 Å². The number of hydrogen-bond acceptors (Lipinski definition) is 6. The summed E-state index contributed by atoms with van der Waals surface area (Å²) in [5, 5.41) is 14.9. The molecule has 0 radical (unpaired) electrons. The van der Waals surface area contributed by atoms with Crippen molar-refractivity contribution in [3.05, 3.63) is 70.3 Å². The first-order chi connectivity index (χ1) is 14.0. The molecule has 8 nitrogen and oxygen atoms in total. The molecule has 1 amide bonds. The van der Waals surface area contributed by atoms with Crippen LogP contribution >= 0.6 is 0 Å². The van der Waals surface area contributed by atoms with Crippen molar-refractivity contribution in [2.45, 2.75) is 13.3 Å². The number of hydrazone groups is 1. The molecule has 0 unspecified atom stereocenters. The highest BCUT2D eigenvalue weighted by Gasteiger charge is 2.17. The Bertz CT molecular complexity index is 877. The Kier molecular flexibility index (Phi) is 6.91. The summed E-state index contributed by atoms with van der Waals surface area (Å²) in [7, 11) is 0. The van der Waals surface area contributed by atoms with E-state index in [0.717, 1.165) is 26.2 Å². The summed E-state index contributed by atoms with van der Waals surface area (Å²) in [4.78, 5) is 27.2. The number of rotatable bonds is 7. The Morgan fingerprint density at radius 2 is 1.83 bits per heavy atom. The molecule has 0 aliphatic carbocycles. The number of carbonyl (C=O) groups is 1. The summed E-state index contributed by atoms with van der Waals surface area (Å²) in [5.74, 6) is -0.166. The smallest absolute Gasteiger partial charge is 0.270 e. The second-order valence-electron chi connectivity index (χ2n) is 6.95. The van der Waals surface area contributed by atoms with E-state index in [4.69, 9.17) is 0 Å². The molecule has 1 fully saturated rings. The van der Waals surface area contributed by atoms with Crippen molar-refractivity contribution in [2.24, 2.45) is 5.10 Å². The average molecular weight is 395 g/mol. The van der Waals surface area contributed by atoms with Crippen LogP contribution in [0.15, 0.2) is 59.7 Å². The number of carbonyl (C=O) groups excluding carboxylic acids is 1. The van der Waals surface area contributed by atoms with E-state index in [0.29, 0.717) is 24.2 Å². The van der Waals surface area contributed by atoms with Gasteiger partial charge in [0.1, 0.15) is 0 Å². The summed E-state index contributed by atoms with van der Waals surface area (Å²) in [6, 6.07) is 16.5. The topological polar surface area (TPSA) is 91.1 Å². The zero-order chi connectivity index (χ0) is 20.6. The molecule has 1 aliphatic rings. The molecule has 1 N–H and O–H groups in total. The minimum Gasteiger partial charge on any atom is -0.369 e. The fourth-order valence-corrected chi connectivity index (χ4v) is 3.24. The quantitative estimate of drug-likeness (QED) is 0.442. The number of hydrogen-bond donors (Lipinski definition) is 1. The molecule has 3 rings (SSSR count). The first-order valence-electron chi connectivity index (χ1n) is 9.63. The fourth-order valence-electron chi connectivity index (χ4n) is 3.24. The summed E-state index contributed by atoms with van der Waals surface area (Å²) in [5.41, 5.74) is 4.91. The number of nitrogens with zero attached hydrogens (tertiary/aromatic N) is 4. The molecule has 29 heavy (non-hydrogen) atoms. The molecule has 2 aromatic rings. The van der Waals surface area contributed by atoms with Crippen LogP contribution in [0.3, 0.4) is 0 Å². The summed E-state index contributed by atoms with van der Waals surface area (Å²) >= 11 is 0. The Hall–Kier alpha value is -3.26. The van der Waals surface area contributed by atoms with Gasteiger partial charge in [0.05, 0.1) is 10.6 Å². The highest BCUT2D eigenvalue weighted by molar-refractivity contribution is 5.99. The van der Waals surface area contributed by atoms with Gasteiger partial charge in [-0.05, 0) is 19.1 Å². The van der Waals surface area contributed by atoms with E-state index in [1.807, 2.05) is 18.2 Å². The van der Waals surface area contributed by atoms with Crippen molar-refractivity contribution < 1.29 is 9.72 Å². The van der Waals surface area contributed by atoms with Crippen molar-refractivity contribution in [3.8, 4) is 0 Å². The van der Waals surface area contributed by atoms with E-state index >= 15 is 0 Å². The summed E-state index contributed by atoms with van der Waals surface area (Å²) in [6.45, 7) is 6.10. The Morgan fingerprint density at radius 3 is 2.52 bits per heavy atom. The normalized spacial score (nSPS) is 15.2. The largest absolute Gasteiger partial charge is 0.369 e. The van der Waals surface area contributed by atoms with Crippen LogP contribution in [-0.2, 0) is 4.79 Å². The second kappa shape index (κ2) is 9.79. The highest BCUT2D eigenvalue weighted by Crippen LogP contribution is 2.16. The van der Waals surface area contributed by atoms with Gasteiger partial charge in [-0.25, -0.2) is 5.43 Å². The van der Waals surface area contributed by atoms with Crippen molar-refractivity contribution in [1.82, 2.24) is 10.3 Å². The number of benzene rings is 2. The van der Waals surface area contributed by atoms with Crippen molar-refractivity contribution in [1.29, 1.82) is 0 Å². The maximum atomic E-state index is 12.1. The van der Waals surface area contributed by atoms with E-state index in [9.17, 15) is 14.9 Å². The molecule has 0 saturated carbocycles. The van der Waals surface area contributed by atoms with Crippen LogP contribution in [0.2, 0.25) is 0 Å². The lowest BCUT2D eigenvalue weighted by Gasteiger charge is -2.36. The number of amides is 1. The number of non-ortho nitro benzene ring substituents is 1. The molecular formula is C21H25N5O3. The minimum atomic E-state index is -0.451. The number of nitro benzene ring substituents is 1. The van der Waals surface area contributed by atoms with E-state index in [1.54, 1.807) is 19.1 Å². The fraction of sp³-hybridized carbons (Fsp3) is 0.333. The highest BCUT2D eigenvalue weighted by atomic mass is 16.6. The third-order valence-corrected chi connectivity index (χ3v) is 4.97. The monoisotopic (exact) mass is 395 g/mol. The predicted molar refractivity (Wildman–Crippen MR) is 113 cm³/mol. The molecule has 1 heterocycles. The molecule has 1 aliphatic heterocycles. The SMILES string of the molecule is C/C(=N/NC(=O)CCN1CCN(c2ccccc2)CC1)c1cccc([N+](=O)[O-])c1. The van der Waals surface area contributed by atoms with Gasteiger partial charge in [0.25, 0.3) is 5.69 Å². The summed E-state index contributed by atoms with van der Waals surface area (Å²) in [6.07, 6.45) is 0.358. The van der Waals surface area contributed by atoms with Crippen LogP contribution in [0.1, 0.15) is 18.9 Å². The van der Waals surface area contributed by atoms with Gasteiger partial charge in [0.2, 0.25) is 5.91 Å². The van der Waals surface area contributed by atoms with Gasteiger partial charge in [0, 0.05) is 62.5 Å². The van der Waals surface area contributed by atoms with Crippen LogP contribution < -0.4 is 10.3 Å². The summed E-state index contributed by atoms with van der Waals surface area (Å²) < 4.78 is 0. The van der Waals surface area contributed by atoms with Crippen LogP contribution in [0, 0.1) is 10.1 Å². The van der Waals surface area contributed by atoms with Crippen molar-refractivity contribution >= 4 is 23.0 Å². The Morgan fingerprint density at radius 1 is 1.10 bits per heavy atom. The number of anilines is 1. The van der Waals surface area contributed by atoms with Gasteiger partial charge < -0.3 is 4.90 Å². The Labute approximate surface area is 170 Å². The first-order valence-corrected chi connectivity index (χ1v) is 9.63. The van der Waals surface area contributed by atoms with Gasteiger partial charge in [0.15, 0.2) is 0 Å². The lowest BCUT2D eigenvalue weighted by Crippen LogP contribution is -2.47.